The lowest BCUT2D eigenvalue weighted by Gasteiger charge is -2.14. The fourth-order valence-electron chi connectivity index (χ4n) is 4.79. The van der Waals surface area contributed by atoms with Gasteiger partial charge in [-0.25, -0.2) is 0 Å². The summed E-state index contributed by atoms with van der Waals surface area (Å²) in [5.74, 6) is -0.0980. The number of nitrogens with zero attached hydrogens (tertiary/aromatic N) is 3. The Balaban J connectivity index is 1.41. The number of aryl methyl sites for hydroxylation is 1. The van der Waals surface area contributed by atoms with Crippen molar-refractivity contribution in [2.45, 2.75) is 117 Å². The highest BCUT2D eigenvalue weighted by atomic mass is 35.5. The van der Waals surface area contributed by atoms with Crippen molar-refractivity contribution >= 4 is 46.4 Å². The van der Waals surface area contributed by atoms with Crippen LogP contribution in [0.4, 0.5) is 5.69 Å². The molecule has 0 radical (unpaired) electrons. The summed E-state index contributed by atoms with van der Waals surface area (Å²) in [7, 11) is 0. The van der Waals surface area contributed by atoms with Crippen molar-refractivity contribution in [1.82, 2.24) is 19.8 Å². The molecule has 3 rings (SSSR count). The topological polar surface area (TPSA) is 101 Å². The normalized spacial score (nSPS) is 11.8. The standard InChI is InChI=1S/C31H45Cl2N5O3/c1-6-7-8-9-10-11-12-13-14-15-18-41-25(40)17-16-24(39)34-22-19-21(2)26(23(32)20-22)29-35-30-27(33)28(31(3,4)5)36-38(30)37-29/h19-20H,6-18H2,1-5H3,(H,34,39)(H,35,37). The Hall–Kier alpha value is -2.58. The minimum atomic E-state index is -0.350. The molecule has 0 saturated carbocycles. The number of nitrogens with one attached hydrogen (secondary N) is 2. The quantitative estimate of drug-likeness (QED) is 0.125. The molecular weight excluding hydrogens is 561 g/mol. The average Bonchev–Trinajstić information content (AvgIpc) is 3.44. The Morgan fingerprint density at radius 2 is 1.59 bits per heavy atom. The van der Waals surface area contributed by atoms with Crippen LogP contribution in [0, 0.1) is 6.92 Å². The number of H-pyrrole nitrogens is 1. The lowest BCUT2D eigenvalue weighted by atomic mass is 9.92. The molecule has 2 N–H and O–H groups in total. The number of halogens is 2. The van der Waals surface area contributed by atoms with Crippen LogP contribution in [-0.4, -0.2) is 38.3 Å². The number of fused-ring (bicyclic) bond motifs is 1. The number of anilines is 1. The van der Waals surface area contributed by atoms with Crippen molar-refractivity contribution in [3.8, 4) is 11.4 Å². The Kier molecular flexibility index (Phi) is 12.5. The van der Waals surface area contributed by atoms with E-state index in [-0.39, 0.29) is 30.1 Å². The lowest BCUT2D eigenvalue weighted by molar-refractivity contribution is -0.144. The van der Waals surface area contributed by atoms with E-state index in [2.05, 4.69) is 27.4 Å². The van der Waals surface area contributed by atoms with Gasteiger partial charge in [0, 0.05) is 23.1 Å². The molecule has 0 fully saturated rings. The first-order chi connectivity index (χ1) is 19.5. The van der Waals surface area contributed by atoms with Crippen molar-refractivity contribution in [2.24, 2.45) is 0 Å². The van der Waals surface area contributed by atoms with E-state index < -0.39 is 0 Å². The Labute approximate surface area is 253 Å². The number of ether oxygens (including phenoxy) is 1. The van der Waals surface area contributed by atoms with Crippen molar-refractivity contribution in [2.75, 3.05) is 11.9 Å². The van der Waals surface area contributed by atoms with Crippen LogP contribution in [0.2, 0.25) is 10.0 Å². The van der Waals surface area contributed by atoms with Gasteiger partial charge < -0.3 is 15.0 Å². The SMILES string of the molecule is CCCCCCCCCCCCOC(=O)CCC(=O)Nc1cc(C)c(-c2nn3nc(C(C)(C)C)c(Cl)c3[nH]2)c(Cl)c1. The van der Waals surface area contributed by atoms with Crippen LogP contribution in [0.3, 0.4) is 0 Å². The maximum atomic E-state index is 12.5. The fraction of sp³-hybridized carbons (Fsp3) is 0.613. The minimum Gasteiger partial charge on any atom is -0.466 e. The van der Waals surface area contributed by atoms with E-state index in [1.165, 1.54) is 56.0 Å². The molecule has 0 spiro atoms. The third kappa shape index (κ3) is 9.74. The van der Waals surface area contributed by atoms with Crippen LogP contribution in [0.1, 0.15) is 116 Å². The lowest BCUT2D eigenvalue weighted by Crippen LogP contribution is -2.15. The smallest absolute Gasteiger partial charge is 0.306 e. The summed E-state index contributed by atoms with van der Waals surface area (Å²) >= 11 is 13.2. The molecule has 2 aromatic heterocycles. The van der Waals surface area contributed by atoms with Crippen molar-refractivity contribution in [3.63, 3.8) is 0 Å². The van der Waals surface area contributed by atoms with Crippen molar-refractivity contribution in [1.29, 1.82) is 0 Å². The molecule has 0 saturated heterocycles. The van der Waals surface area contributed by atoms with Gasteiger partial charge in [0.1, 0.15) is 5.02 Å². The van der Waals surface area contributed by atoms with Gasteiger partial charge in [-0.05, 0) is 31.0 Å². The fourth-order valence-corrected chi connectivity index (χ4v) is 5.59. The highest BCUT2D eigenvalue weighted by Gasteiger charge is 2.26. The molecule has 0 aliphatic rings. The predicted molar refractivity (Wildman–Crippen MR) is 167 cm³/mol. The van der Waals surface area contributed by atoms with Crippen LogP contribution in [-0.2, 0) is 19.7 Å². The first kappa shape index (κ1) is 32.9. The first-order valence-corrected chi connectivity index (χ1v) is 15.7. The number of hydrogen-bond acceptors (Lipinski definition) is 5. The van der Waals surface area contributed by atoms with Crippen molar-refractivity contribution < 1.29 is 14.3 Å². The Morgan fingerprint density at radius 3 is 2.17 bits per heavy atom. The van der Waals surface area contributed by atoms with E-state index in [0.717, 1.165) is 24.1 Å². The molecular formula is C31H45Cl2N5O3. The van der Waals surface area contributed by atoms with Gasteiger partial charge in [0.2, 0.25) is 5.91 Å². The zero-order valence-electron chi connectivity index (χ0n) is 25.2. The second-order valence-electron chi connectivity index (χ2n) is 11.8. The van der Waals surface area contributed by atoms with E-state index in [1.54, 1.807) is 6.07 Å². The monoisotopic (exact) mass is 605 g/mol. The van der Waals surface area contributed by atoms with Gasteiger partial charge in [0.25, 0.3) is 0 Å². The van der Waals surface area contributed by atoms with Gasteiger partial charge in [-0.15, -0.1) is 9.73 Å². The van der Waals surface area contributed by atoms with Gasteiger partial charge in [0.15, 0.2) is 11.5 Å². The molecule has 0 bridgehead atoms. The van der Waals surface area contributed by atoms with E-state index in [0.29, 0.717) is 39.4 Å². The van der Waals surface area contributed by atoms with Gasteiger partial charge in [-0.1, -0.05) is 109 Å². The Bertz CT molecular complexity index is 1290. The van der Waals surface area contributed by atoms with Crippen LogP contribution in [0.5, 0.6) is 0 Å². The highest BCUT2D eigenvalue weighted by Crippen LogP contribution is 2.35. The van der Waals surface area contributed by atoms with E-state index in [9.17, 15) is 9.59 Å². The summed E-state index contributed by atoms with van der Waals surface area (Å²) < 4.78 is 6.79. The summed E-state index contributed by atoms with van der Waals surface area (Å²) in [5.41, 5.74) is 3.19. The van der Waals surface area contributed by atoms with Crippen LogP contribution in [0.15, 0.2) is 12.1 Å². The maximum absolute atomic E-state index is 12.5. The minimum absolute atomic E-state index is 0.0396. The number of hydrogen-bond donors (Lipinski definition) is 2. The van der Waals surface area contributed by atoms with E-state index >= 15 is 0 Å². The maximum Gasteiger partial charge on any atom is 0.306 e. The molecule has 1 amide bonds. The third-order valence-corrected chi connectivity index (χ3v) is 7.73. The van der Waals surface area contributed by atoms with E-state index in [1.807, 2.05) is 33.8 Å². The third-order valence-electron chi connectivity index (χ3n) is 7.08. The van der Waals surface area contributed by atoms with Gasteiger partial charge in [0.05, 0.1) is 23.7 Å². The predicted octanol–water partition coefficient (Wildman–Crippen LogP) is 8.82. The molecule has 2 heterocycles. The molecule has 0 aliphatic heterocycles. The number of unbranched alkanes of at least 4 members (excludes halogenated alkanes) is 9. The van der Waals surface area contributed by atoms with Crippen LogP contribution < -0.4 is 5.32 Å². The molecule has 0 atom stereocenters. The van der Waals surface area contributed by atoms with Gasteiger partial charge >= 0.3 is 5.97 Å². The molecule has 0 unspecified atom stereocenters. The molecule has 10 heteroatoms. The summed E-state index contributed by atoms with van der Waals surface area (Å²) in [4.78, 5) is 27.8. The van der Waals surface area contributed by atoms with Gasteiger partial charge in [-0.2, -0.15) is 5.10 Å². The second kappa shape index (κ2) is 15.6. The van der Waals surface area contributed by atoms with Crippen molar-refractivity contribution in [3.05, 3.63) is 33.4 Å². The number of amides is 1. The summed E-state index contributed by atoms with van der Waals surface area (Å²) in [5, 5.41) is 12.8. The summed E-state index contributed by atoms with van der Waals surface area (Å²) in [6.07, 6.45) is 12.3. The number of rotatable bonds is 16. The van der Waals surface area contributed by atoms with E-state index in [4.69, 9.17) is 27.9 Å². The molecule has 226 valence electrons. The second-order valence-corrected chi connectivity index (χ2v) is 12.6. The van der Waals surface area contributed by atoms with Crippen LogP contribution in [0.25, 0.3) is 17.0 Å². The summed E-state index contributed by atoms with van der Waals surface area (Å²) in [6.45, 7) is 10.6. The number of carbonyl (C=O) groups is 2. The molecule has 41 heavy (non-hydrogen) atoms. The number of aromatic nitrogens is 4. The average molecular weight is 607 g/mol. The summed E-state index contributed by atoms with van der Waals surface area (Å²) in [6, 6.07) is 3.48. The highest BCUT2D eigenvalue weighted by molar-refractivity contribution is 6.34. The number of aromatic amines is 1. The largest absolute Gasteiger partial charge is 0.466 e. The molecule has 3 aromatic rings. The molecule has 1 aromatic carbocycles. The Morgan fingerprint density at radius 1 is 0.951 bits per heavy atom. The van der Waals surface area contributed by atoms with Gasteiger partial charge in [-0.3, -0.25) is 9.59 Å². The number of carbonyl (C=O) groups excluding carboxylic acids is 2. The molecule has 0 aliphatic carbocycles. The zero-order chi connectivity index (χ0) is 30.0. The number of benzene rings is 1. The van der Waals surface area contributed by atoms with Crippen LogP contribution >= 0.6 is 23.2 Å². The first-order valence-electron chi connectivity index (χ1n) is 14.9. The molecule has 8 nitrogen and oxygen atoms in total. The number of esters is 1. The zero-order valence-corrected chi connectivity index (χ0v) is 26.7.